The highest BCUT2D eigenvalue weighted by Gasteiger charge is 2.27. The summed E-state index contributed by atoms with van der Waals surface area (Å²) < 4.78 is 0. The maximum atomic E-state index is 12.2. The van der Waals surface area contributed by atoms with Crippen molar-refractivity contribution in [3.8, 4) is 0 Å². The second kappa shape index (κ2) is 13.6. The molecule has 0 atom stereocenters. The highest BCUT2D eigenvalue weighted by Crippen LogP contribution is 2.20. The van der Waals surface area contributed by atoms with Crippen LogP contribution in [0.3, 0.4) is 0 Å². The van der Waals surface area contributed by atoms with Crippen molar-refractivity contribution < 1.29 is 4.79 Å². The summed E-state index contributed by atoms with van der Waals surface area (Å²) in [5.41, 5.74) is 0.0706. The molecule has 0 spiro atoms. The zero-order valence-corrected chi connectivity index (χ0v) is 20.5. The monoisotopic (exact) mass is 507 g/mol. The molecule has 1 saturated heterocycles. The summed E-state index contributed by atoms with van der Waals surface area (Å²) in [5.74, 6) is 0.965. The SMILES string of the molecule is CCNC(=NCC(C)(C)N1CCCCC1)NCCC(=O)NC1CCCCC1.I. The van der Waals surface area contributed by atoms with E-state index < -0.39 is 0 Å². The lowest BCUT2D eigenvalue weighted by Gasteiger charge is -2.40. The van der Waals surface area contributed by atoms with E-state index in [1.165, 1.54) is 51.6 Å². The average molecular weight is 508 g/mol. The van der Waals surface area contributed by atoms with Gasteiger partial charge in [0, 0.05) is 31.1 Å². The number of nitrogens with one attached hydrogen (secondary N) is 3. The molecular weight excluding hydrogens is 465 g/mol. The smallest absolute Gasteiger partial charge is 0.221 e. The van der Waals surface area contributed by atoms with Crippen molar-refractivity contribution in [3.63, 3.8) is 0 Å². The van der Waals surface area contributed by atoms with Crippen molar-refractivity contribution in [2.75, 3.05) is 32.7 Å². The maximum Gasteiger partial charge on any atom is 0.221 e. The van der Waals surface area contributed by atoms with Gasteiger partial charge >= 0.3 is 0 Å². The first-order chi connectivity index (χ1) is 13.0. The Labute approximate surface area is 189 Å². The summed E-state index contributed by atoms with van der Waals surface area (Å²) in [6, 6.07) is 0.387. The first-order valence-electron chi connectivity index (χ1n) is 11.1. The normalized spacial score (nSPS) is 19.6. The van der Waals surface area contributed by atoms with E-state index in [1.807, 2.05) is 0 Å². The first kappa shape index (κ1) is 25.5. The zero-order chi connectivity index (χ0) is 19.5. The molecular formula is C21H42IN5O. The zero-order valence-electron chi connectivity index (χ0n) is 18.2. The Hall–Kier alpha value is -0.570. The van der Waals surface area contributed by atoms with E-state index in [0.29, 0.717) is 19.0 Å². The van der Waals surface area contributed by atoms with E-state index in [-0.39, 0.29) is 35.4 Å². The second-order valence-electron chi connectivity index (χ2n) is 8.63. The van der Waals surface area contributed by atoms with Crippen molar-refractivity contribution in [3.05, 3.63) is 0 Å². The van der Waals surface area contributed by atoms with Crippen LogP contribution in [0.5, 0.6) is 0 Å². The van der Waals surface area contributed by atoms with E-state index in [1.54, 1.807) is 0 Å². The Bertz CT molecular complexity index is 471. The van der Waals surface area contributed by atoms with Crippen LogP contribution >= 0.6 is 24.0 Å². The van der Waals surface area contributed by atoms with Crippen LogP contribution in [0.25, 0.3) is 0 Å². The number of halogens is 1. The van der Waals surface area contributed by atoms with Crippen LogP contribution in [0.15, 0.2) is 4.99 Å². The molecule has 28 heavy (non-hydrogen) atoms. The molecule has 0 aromatic heterocycles. The standard InChI is InChI=1S/C21H41N5O.HI/c1-4-22-20(24-17-21(2,3)26-15-9-6-10-16-26)23-14-13-19(27)25-18-11-7-5-8-12-18;/h18H,4-17H2,1-3H3,(H,25,27)(H2,22,23,24);1H. The number of piperidine rings is 1. The van der Waals surface area contributed by atoms with Gasteiger partial charge in [-0.05, 0) is 59.5 Å². The Kier molecular flexibility index (Phi) is 12.4. The molecule has 1 amide bonds. The van der Waals surface area contributed by atoms with Gasteiger partial charge in [0.25, 0.3) is 0 Å². The van der Waals surface area contributed by atoms with Gasteiger partial charge in [-0.2, -0.15) is 0 Å². The first-order valence-corrected chi connectivity index (χ1v) is 11.1. The molecule has 1 heterocycles. The minimum atomic E-state index is 0. The Morgan fingerprint density at radius 3 is 2.32 bits per heavy atom. The summed E-state index contributed by atoms with van der Waals surface area (Å²) in [5, 5.41) is 9.80. The number of aliphatic imine (C=N–C) groups is 1. The van der Waals surface area contributed by atoms with Crippen molar-refractivity contribution in [1.82, 2.24) is 20.9 Å². The molecule has 1 aliphatic carbocycles. The lowest BCUT2D eigenvalue weighted by atomic mass is 9.95. The molecule has 1 aliphatic heterocycles. The van der Waals surface area contributed by atoms with Gasteiger partial charge in [0.05, 0.1) is 6.54 Å². The number of carbonyl (C=O) groups is 1. The predicted molar refractivity (Wildman–Crippen MR) is 129 cm³/mol. The maximum absolute atomic E-state index is 12.2. The minimum Gasteiger partial charge on any atom is -0.357 e. The molecule has 2 rings (SSSR count). The van der Waals surface area contributed by atoms with Crippen LogP contribution in [0.4, 0.5) is 0 Å². The largest absolute Gasteiger partial charge is 0.357 e. The summed E-state index contributed by atoms with van der Waals surface area (Å²) in [4.78, 5) is 19.5. The molecule has 2 aliphatic rings. The molecule has 3 N–H and O–H groups in total. The number of carbonyl (C=O) groups excluding carboxylic acids is 1. The number of amides is 1. The highest BCUT2D eigenvalue weighted by atomic mass is 127. The van der Waals surface area contributed by atoms with E-state index in [0.717, 1.165) is 31.9 Å². The Morgan fingerprint density at radius 1 is 1.04 bits per heavy atom. The van der Waals surface area contributed by atoms with Gasteiger partial charge in [-0.3, -0.25) is 14.7 Å². The number of nitrogens with zero attached hydrogens (tertiary/aromatic N) is 2. The number of likely N-dealkylation sites (tertiary alicyclic amines) is 1. The molecule has 7 heteroatoms. The third-order valence-electron chi connectivity index (χ3n) is 5.80. The fourth-order valence-corrected chi connectivity index (χ4v) is 4.05. The Morgan fingerprint density at radius 2 is 1.68 bits per heavy atom. The number of hydrogen-bond donors (Lipinski definition) is 3. The van der Waals surface area contributed by atoms with Crippen molar-refractivity contribution in [1.29, 1.82) is 0 Å². The van der Waals surface area contributed by atoms with Gasteiger partial charge in [-0.15, -0.1) is 24.0 Å². The molecule has 2 fully saturated rings. The molecule has 0 aromatic rings. The van der Waals surface area contributed by atoms with Crippen LogP contribution in [0.2, 0.25) is 0 Å². The molecule has 0 unspecified atom stereocenters. The van der Waals surface area contributed by atoms with Gasteiger partial charge in [0.1, 0.15) is 0 Å². The second-order valence-corrected chi connectivity index (χ2v) is 8.63. The van der Waals surface area contributed by atoms with Crippen LogP contribution in [0.1, 0.15) is 78.6 Å². The minimum absolute atomic E-state index is 0. The predicted octanol–water partition coefficient (Wildman–Crippen LogP) is 3.26. The molecule has 164 valence electrons. The van der Waals surface area contributed by atoms with Gasteiger partial charge < -0.3 is 16.0 Å². The summed E-state index contributed by atoms with van der Waals surface area (Å²) >= 11 is 0. The summed E-state index contributed by atoms with van der Waals surface area (Å²) in [7, 11) is 0. The lowest BCUT2D eigenvalue weighted by Crippen LogP contribution is -2.49. The van der Waals surface area contributed by atoms with E-state index >= 15 is 0 Å². The number of guanidine groups is 1. The van der Waals surface area contributed by atoms with Gasteiger partial charge in [0.2, 0.25) is 5.91 Å². The molecule has 0 bridgehead atoms. The molecule has 0 aromatic carbocycles. The average Bonchev–Trinajstić information content (AvgIpc) is 2.67. The quantitative estimate of drug-likeness (QED) is 0.268. The molecule has 0 radical (unpaired) electrons. The van der Waals surface area contributed by atoms with Gasteiger partial charge in [-0.25, -0.2) is 0 Å². The van der Waals surface area contributed by atoms with Crippen LogP contribution in [-0.2, 0) is 4.79 Å². The van der Waals surface area contributed by atoms with Gasteiger partial charge in [-0.1, -0.05) is 25.7 Å². The van der Waals surface area contributed by atoms with E-state index in [9.17, 15) is 4.79 Å². The number of hydrogen-bond acceptors (Lipinski definition) is 3. The third-order valence-corrected chi connectivity index (χ3v) is 5.80. The fraction of sp³-hybridized carbons (Fsp3) is 0.905. The third kappa shape index (κ3) is 9.29. The van der Waals surface area contributed by atoms with E-state index in [2.05, 4.69) is 41.6 Å². The van der Waals surface area contributed by atoms with Gasteiger partial charge in [0.15, 0.2) is 5.96 Å². The number of rotatable bonds is 8. The molecule has 6 nitrogen and oxygen atoms in total. The highest BCUT2D eigenvalue weighted by molar-refractivity contribution is 14.0. The van der Waals surface area contributed by atoms with Crippen molar-refractivity contribution >= 4 is 35.8 Å². The van der Waals surface area contributed by atoms with E-state index in [4.69, 9.17) is 4.99 Å². The van der Waals surface area contributed by atoms with Crippen LogP contribution in [-0.4, -0.2) is 61.1 Å². The summed E-state index contributed by atoms with van der Waals surface area (Å²) in [6.45, 7) is 11.2. The molecule has 1 saturated carbocycles. The van der Waals surface area contributed by atoms with Crippen LogP contribution in [0, 0.1) is 0 Å². The van der Waals surface area contributed by atoms with Crippen molar-refractivity contribution in [2.45, 2.75) is 90.1 Å². The summed E-state index contributed by atoms with van der Waals surface area (Å²) in [6.07, 6.45) is 10.5. The Balaban J connectivity index is 0.00000392. The van der Waals surface area contributed by atoms with Crippen molar-refractivity contribution in [2.24, 2.45) is 4.99 Å². The lowest BCUT2D eigenvalue weighted by molar-refractivity contribution is -0.121. The topological polar surface area (TPSA) is 68.8 Å². The van der Waals surface area contributed by atoms with Crippen LogP contribution < -0.4 is 16.0 Å². The fourth-order valence-electron chi connectivity index (χ4n) is 4.05.